The number of imide groups is 1. The van der Waals surface area contributed by atoms with Crippen LogP contribution in [0.5, 0.6) is 5.75 Å². The van der Waals surface area contributed by atoms with Crippen LogP contribution in [0.25, 0.3) is 6.08 Å². The number of amides is 2. The summed E-state index contributed by atoms with van der Waals surface area (Å²) < 4.78 is 7.29. The van der Waals surface area contributed by atoms with Crippen molar-refractivity contribution in [3.05, 3.63) is 66.9 Å². The molecule has 0 aliphatic carbocycles. The molecule has 5 nitrogen and oxygen atoms in total. The highest BCUT2D eigenvalue weighted by atomic mass is 79.9. The van der Waals surface area contributed by atoms with Gasteiger partial charge in [0, 0.05) is 11.6 Å². The number of carbonyl (C=O) groups excluding carboxylic acids is 2. The molecule has 1 aliphatic rings. The standard InChI is InChI=1S/C21H16Br2N2O3S/c1-12(2)25-20(26)18(29-21(25)27)9-13-7-16(22)19(17(23)8-13)28-11-15-6-4-3-5-14(15)10-24/h3-9,12H,11H2,1-2H3/b18-9+. The molecule has 8 heteroatoms. The molecule has 1 fully saturated rings. The zero-order chi connectivity index (χ0) is 21.1. The van der Waals surface area contributed by atoms with Crippen LogP contribution in [0, 0.1) is 11.3 Å². The second kappa shape index (κ2) is 9.16. The van der Waals surface area contributed by atoms with Gasteiger partial charge >= 0.3 is 0 Å². The minimum Gasteiger partial charge on any atom is -0.486 e. The molecule has 0 N–H and O–H groups in total. The first-order valence-electron chi connectivity index (χ1n) is 8.68. The van der Waals surface area contributed by atoms with E-state index in [1.54, 1.807) is 12.1 Å². The SMILES string of the molecule is CC(C)N1C(=O)S/C(=C/c2cc(Br)c(OCc3ccccc3C#N)c(Br)c2)C1=O. The summed E-state index contributed by atoms with van der Waals surface area (Å²) in [5.41, 5.74) is 2.11. The number of hydrogen-bond acceptors (Lipinski definition) is 5. The molecule has 0 saturated carbocycles. The van der Waals surface area contributed by atoms with E-state index in [2.05, 4.69) is 37.9 Å². The molecular weight excluding hydrogens is 520 g/mol. The first-order valence-corrected chi connectivity index (χ1v) is 11.1. The van der Waals surface area contributed by atoms with Crippen molar-refractivity contribution in [3.8, 4) is 11.8 Å². The second-order valence-corrected chi connectivity index (χ2v) is 9.22. The Morgan fingerprint density at radius 2 is 1.86 bits per heavy atom. The van der Waals surface area contributed by atoms with Gasteiger partial charge in [0.05, 0.1) is 25.5 Å². The van der Waals surface area contributed by atoms with Crippen molar-refractivity contribution in [2.75, 3.05) is 0 Å². The van der Waals surface area contributed by atoms with Crippen LogP contribution >= 0.6 is 43.6 Å². The van der Waals surface area contributed by atoms with Gasteiger partial charge in [0.1, 0.15) is 12.4 Å². The van der Waals surface area contributed by atoms with Crippen LogP contribution in [0.4, 0.5) is 4.79 Å². The fraction of sp³-hybridized carbons (Fsp3) is 0.190. The quantitative estimate of drug-likeness (QED) is 0.432. The van der Waals surface area contributed by atoms with Crippen LogP contribution in [-0.4, -0.2) is 22.1 Å². The van der Waals surface area contributed by atoms with Gasteiger partial charge in [-0.1, -0.05) is 18.2 Å². The predicted molar refractivity (Wildman–Crippen MR) is 120 cm³/mol. The number of nitriles is 1. The lowest BCUT2D eigenvalue weighted by atomic mass is 10.1. The maximum atomic E-state index is 12.5. The normalized spacial score (nSPS) is 15.3. The van der Waals surface area contributed by atoms with E-state index in [0.717, 1.165) is 22.9 Å². The predicted octanol–water partition coefficient (Wildman–Crippen LogP) is 6.11. The average molecular weight is 536 g/mol. The molecule has 1 aliphatic heterocycles. The van der Waals surface area contributed by atoms with E-state index in [9.17, 15) is 14.9 Å². The zero-order valence-corrected chi connectivity index (χ0v) is 19.6. The van der Waals surface area contributed by atoms with Gasteiger partial charge in [0.25, 0.3) is 11.1 Å². The van der Waals surface area contributed by atoms with E-state index in [0.29, 0.717) is 25.2 Å². The first kappa shape index (κ1) is 21.6. The fourth-order valence-electron chi connectivity index (χ4n) is 2.78. The van der Waals surface area contributed by atoms with Crippen molar-refractivity contribution < 1.29 is 14.3 Å². The molecule has 2 aromatic rings. The van der Waals surface area contributed by atoms with Crippen LogP contribution in [0.2, 0.25) is 0 Å². The summed E-state index contributed by atoms with van der Waals surface area (Å²) in [5, 5.41) is 8.94. The molecule has 148 valence electrons. The molecule has 0 unspecified atom stereocenters. The summed E-state index contributed by atoms with van der Waals surface area (Å²) in [6, 6.07) is 12.9. The van der Waals surface area contributed by atoms with Gasteiger partial charge in [0.2, 0.25) is 0 Å². The number of hydrogen-bond donors (Lipinski definition) is 0. The Labute approximate surface area is 190 Å². The topological polar surface area (TPSA) is 70.4 Å². The number of thioether (sulfide) groups is 1. The van der Waals surface area contributed by atoms with E-state index >= 15 is 0 Å². The Morgan fingerprint density at radius 3 is 2.45 bits per heavy atom. The fourth-order valence-corrected chi connectivity index (χ4v) is 5.19. The molecular formula is C21H16Br2N2O3S. The molecule has 0 bridgehead atoms. The van der Waals surface area contributed by atoms with Crippen molar-refractivity contribution in [1.82, 2.24) is 4.90 Å². The Kier molecular flexibility index (Phi) is 6.83. The Morgan fingerprint density at radius 1 is 1.21 bits per heavy atom. The molecule has 1 heterocycles. The molecule has 0 radical (unpaired) electrons. The summed E-state index contributed by atoms with van der Waals surface area (Å²) in [5.74, 6) is 0.306. The molecule has 0 aromatic heterocycles. The van der Waals surface area contributed by atoms with Crippen molar-refractivity contribution >= 4 is 60.8 Å². The highest BCUT2D eigenvalue weighted by molar-refractivity contribution is 9.11. The van der Waals surface area contributed by atoms with E-state index in [1.165, 1.54) is 4.90 Å². The maximum absolute atomic E-state index is 12.5. The lowest BCUT2D eigenvalue weighted by molar-refractivity contribution is -0.123. The van der Waals surface area contributed by atoms with Crippen molar-refractivity contribution in [2.45, 2.75) is 26.5 Å². The highest BCUT2D eigenvalue weighted by Crippen LogP contribution is 2.38. The van der Waals surface area contributed by atoms with Gasteiger partial charge in [-0.2, -0.15) is 5.26 Å². The molecule has 2 amide bonds. The van der Waals surface area contributed by atoms with Crippen molar-refractivity contribution in [3.63, 3.8) is 0 Å². The summed E-state index contributed by atoms with van der Waals surface area (Å²) >= 11 is 7.94. The monoisotopic (exact) mass is 534 g/mol. The van der Waals surface area contributed by atoms with Crippen LogP contribution < -0.4 is 4.74 Å². The summed E-state index contributed by atoms with van der Waals surface area (Å²) in [4.78, 5) is 26.2. The summed E-state index contributed by atoms with van der Waals surface area (Å²) in [6.07, 6.45) is 1.69. The van der Waals surface area contributed by atoms with Crippen LogP contribution in [-0.2, 0) is 11.4 Å². The van der Waals surface area contributed by atoms with Gasteiger partial charge in [-0.3, -0.25) is 14.5 Å². The number of rotatable bonds is 5. The van der Waals surface area contributed by atoms with E-state index in [-0.39, 0.29) is 23.8 Å². The summed E-state index contributed by atoms with van der Waals surface area (Å²) in [6.45, 7) is 3.86. The summed E-state index contributed by atoms with van der Waals surface area (Å²) in [7, 11) is 0. The molecule has 3 rings (SSSR count). The lowest BCUT2D eigenvalue weighted by Gasteiger charge is -2.16. The average Bonchev–Trinajstić information content (AvgIpc) is 2.94. The Bertz CT molecular complexity index is 1040. The van der Waals surface area contributed by atoms with Crippen LogP contribution in [0.1, 0.15) is 30.5 Å². The Balaban J connectivity index is 1.82. The molecule has 29 heavy (non-hydrogen) atoms. The van der Waals surface area contributed by atoms with E-state index in [4.69, 9.17) is 4.74 Å². The minimum atomic E-state index is -0.282. The van der Waals surface area contributed by atoms with Crippen molar-refractivity contribution in [2.24, 2.45) is 0 Å². The molecule has 0 atom stereocenters. The van der Waals surface area contributed by atoms with Gasteiger partial charge in [0.15, 0.2) is 0 Å². The van der Waals surface area contributed by atoms with E-state index < -0.39 is 0 Å². The second-order valence-electron chi connectivity index (χ2n) is 6.52. The first-order chi connectivity index (χ1) is 13.8. The number of ether oxygens (including phenoxy) is 1. The third kappa shape index (κ3) is 4.74. The van der Waals surface area contributed by atoms with Crippen LogP contribution in [0.3, 0.4) is 0 Å². The highest BCUT2D eigenvalue weighted by Gasteiger charge is 2.36. The molecule has 1 saturated heterocycles. The largest absolute Gasteiger partial charge is 0.486 e. The molecule has 2 aromatic carbocycles. The third-order valence-electron chi connectivity index (χ3n) is 4.17. The zero-order valence-electron chi connectivity index (χ0n) is 15.6. The Hall–Kier alpha value is -2.08. The smallest absolute Gasteiger partial charge is 0.293 e. The van der Waals surface area contributed by atoms with Gasteiger partial charge in [-0.05, 0) is 87.3 Å². The van der Waals surface area contributed by atoms with Crippen molar-refractivity contribution in [1.29, 1.82) is 5.26 Å². The minimum absolute atomic E-state index is 0.182. The number of halogens is 2. The van der Waals surface area contributed by atoms with E-state index in [1.807, 2.05) is 44.2 Å². The van der Waals surface area contributed by atoms with Gasteiger partial charge in [-0.25, -0.2) is 0 Å². The number of benzene rings is 2. The number of carbonyl (C=O) groups is 2. The maximum Gasteiger partial charge on any atom is 0.293 e. The van der Waals surface area contributed by atoms with Crippen LogP contribution in [0.15, 0.2) is 50.2 Å². The van der Waals surface area contributed by atoms with Gasteiger partial charge < -0.3 is 4.74 Å². The van der Waals surface area contributed by atoms with Gasteiger partial charge in [-0.15, -0.1) is 0 Å². The molecule has 0 spiro atoms. The number of nitrogens with zero attached hydrogens (tertiary/aromatic N) is 2. The third-order valence-corrected chi connectivity index (χ3v) is 6.23. The lowest BCUT2D eigenvalue weighted by Crippen LogP contribution is -2.34.